The first-order valence-electron chi connectivity index (χ1n) is 9.68. The Kier molecular flexibility index (Phi) is 6.83. The van der Waals surface area contributed by atoms with Gasteiger partial charge in [-0.15, -0.1) is 0 Å². The summed E-state index contributed by atoms with van der Waals surface area (Å²) >= 11 is 0. The van der Waals surface area contributed by atoms with Gasteiger partial charge in [-0.05, 0) is 56.3 Å². The number of hydrogen-bond acceptors (Lipinski definition) is 4. The topological polar surface area (TPSA) is 63.2 Å². The van der Waals surface area contributed by atoms with Gasteiger partial charge in [0.2, 0.25) is 5.91 Å². The monoisotopic (exact) mass is 355 g/mol. The van der Waals surface area contributed by atoms with E-state index in [1.807, 2.05) is 30.3 Å². The highest BCUT2D eigenvalue weighted by Gasteiger charge is 2.21. The van der Waals surface area contributed by atoms with E-state index in [1.54, 1.807) is 6.20 Å². The van der Waals surface area contributed by atoms with Crippen molar-refractivity contribution in [1.82, 2.24) is 15.6 Å². The predicted octanol–water partition coefficient (Wildman–Crippen LogP) is 3.15. The Morgan fingerprint density at radius 3 is 2.96 bits per heavy atom. The van der Waals surface area contributed by atoms with Crippen LogP contribution < -0.4 is 15.4 Å². The van der Waals surface area contributed by atoms with E-state index in [4.69, 9.17) is 4.74 Å². The number of ether oxygens (including phenoxy) is 1. The lowest BCUT2D eigenvalue weighted by molar-refractivity contribution is -0.122. The van der Waals surface area contributed by atoms with Crippen LogP contribution in [-0.4, -0.2) is 37.1 Å². The number of piperidine rings is 1. The van der Waals surface area contributed by atoms with Gasteiger partial charge in [-0.2, -0.15) is 0 Å². The number of hydrogen-bond donors (Lipinski definition) is 2. The van der Waals surface area contributed by atoms with Crippen LogP contribution in [0.1, 0.15) is 32.6 Å². The molecule has 5 heteroatoms. The molecule has 3 rings (SSSR count). The summed E-state index contributed by atoms with van der Waals surface area (Å²) in [6.07, 6.45) is 5.55. The standard InChI is InChI=1S/C21H29N3O2/c1-16(17-8-12-22-13-9-17)15-20(25)23-11-4-14-26-19-7-2-5-18-6-3-10-24-21(18)19/h2-3,5-7,10,16-17,22H,4,8-9,11-15H2,1H3,(H,23,25). The van der Waals surface area contributed by atoms with Crippen LogP contribution in [0.25, 0.3) is 10.9 Å². The highest BCUT2D eigenvalue weighted by molar-refractivity contribution is 5.84. The second-order valence-corrected chi connectivity index (χ2v) is 7.15. The molecule has 1 unspecified atom stereocenters. The van der Waals surface area contributed by atoms with Crippen LogP contribution in [0.15, 0.2) is 36.5 Å². The van der Waals surface area contributed by atoms with Gasteiger partial charge in [-0.1, -0.05) is 25.1 Å². The zero-order valence-electron chi connectivity index (χ0n) is 15.5. The van der Waals surface area contributed by atoms with Crippen LogP contribution in [0.3, 0.4) is 0 Å². The molecule has 2 aromatic rings. The molecule has 0 bridgehead atoms. The van der Waals surface area contributed by atoms with Gasteiger partial charge < -0.3 is 15.4 Å². The van der Waals surface area contributed by atoms with Crippen LogP contribution in [0.2, 0.25) is 0 Å². The van der Waals surface area contributed by atoms with E-state index < -0.39 is 0 Å². The average Bonchev–Trinajstić information content (AvgIpc) is 2.68. The highest BCUT2D eigenvalue weighted by Crippen LogP contribution is 2.24. The second kappa shape index (κ2) is 9.53. The molecule has 140 valence electrons. The third-order valence-electron chi connectivity index (χ3n) is 5.19. The molecule has 1 aliphatic rings. The van der Waals surface area contributed by atoms with Gasteiger partial charge in [-0.25, -0.2) is 0 Å². The van der Waals surface area contributed by atoms with Crippen molar-refractivity contribution in [3.63, 3.8) is 0 Å². The van der Waals surface area contributed by atoms with E-state index in [-0.39, 0.29) is 5.91 Å². The number of rotatable bonds is 8. The number of carbonyl (C=O) groups is 1. The number of nitrogens with zero attached hydrogens (tertiary/aromatic N) is 1. The quantitative estimate of drug-likeness (QED) is 0.714. The molecule has 26 heavy (non-hydrogen) atoms. The summed E-state index contributed by atoms with van der Waals surface area (Å²) in [7, 11) is 0. The minimum atomic E-state index is 0.155. The fraction of sp³-hybridized carbons (Fsp3) is 0.524. The molecule has 0 radical (unpaired) electrons. The van der Waals surface area contributed by atoms with Gasteiger partial charge in [0.05, 0.1) is 6.61 Å². The van der Waals surface area contributed by atoms with E-state index in [0.717, 1.165) is 36.2 Å². The smallest absolute Gasteiger partial charge is 0.220 e. The first-order chi connectivity index (χ1) is 12.7. The summed E-state index contributed by atoms with van der Waals surface area (Å²) in [5, 5.41) is 7.48. The molecule has 0 aliphatic carbocycles. The van der Waals surface area contributed by atoms with Crippen molar-refractivity contribution in [2.75, 3.05) is 26.2 Å². The number of benzene rings is 1. The lowest BCUT2D eigenvalue weighted by Gasteiger charge is -2.27. The molecule has 5 nitrogen and oxygen atoms in total. The molecule has 1 aliphatic heterocycles. The summed E-state index contributed by atoms with van der Waals surface area (Å²) in [4.78, 5) is 16.5. The second-order valence-electron chi connectivity index (χ2n) is 7.15. The van der Waals surface area contributed by atoms with Crippen LogP contribution in [0, 0.1) is 11.8 Å². The Labute approximate surface area is 155 Å². The highest BCUT2D eigenvalue weighted by atomic mass is 16.5. The predicted molar refractivity (Wildman–Crippen MR) is 104 cm³/mol. The summed E-state index contributed by atoms with van der Waals surface area (Å²) in [5.41, 5.74) is 0.884. The van der Waals surface area contributed by atoms with Gasteiger partial charge in [0.25, 0.3) is 0 Å². The number of aromatic nitrogens is 1. The summed E-state index contributed by atoms with van der Waals surface area (Å²) in [6.45, 7) is 5.58. The minimum absolute atomic E-state index is 0.155. The number of fused-ring (bicyclic) bond motifs is 1. The van der Waals surface area contributed by atoms with Crippen molar-refractivity contribution in [2.24, 2.45) is 11.8 Å². The molecule has 2 N–H and O–H groups in total. The van der Waals surface area contributed by atoms with Crippen LogP contribution >= 0.6 is 0 Å². The Balaban J connectivity index is 1.35. The number of nitrogens with one attached hydrogen (secondary N) is 2. The van der Waals surface area contributed by atoms with E-state index in [0.29, 0.717) is 31.4 Å². The Bertz CT molecular complexity index is 708. The van der Waals surface area contributed by atoms with E-state index in [1.165, 1.54) is 12.8 Å². The van der Waals surface area contributed by atoms with E-state index in [2.05, 4.69) is 22.5 Å². The molecule has 1 amide bonds. The van der Waals surface area contributed by atoms with Crippen LogP contribution in [-0.2, 0) is 4.79 Å². The molecule has 1 fully saturated rings. The van der Waals surface area contributed by atoms with Crippen molar-refractivity contribution in [3.8, 4) is 5.75 Å². The maximum absolute atomic E-state index is 12.1. The van der Waals surface area contributed by atoms with Crippen molar-refractivity contribution < 1.29 is 9.53 Å². The molecular formula is C21H29N3O2. The maximum atomic E-state index is 12.1. The number of para-hydroxylation sites is 1. The molecule has 1 aromatic heterocycles. The van der Waals surface area contributed by atoms with Gasteiger partial charge >= 0.3 is 0 Å². The number of pyridine rings is 1. The summed E-state index contributed by atoms with van der Waals surface area (Å²) in [6, 6.07) is 9.89. The zero-order chi connectivity index (χ0) is 18.2. The normalized spacial score (nSPS) is 16.3. The van der Waals surface area contributed by atoms with Gasteiger partial charge in [-0.3, -0.25) is 9.78 Å². The Morgan fingerprint density at radius 2 is 2.12 bits per heavy atom. The zero-order valence-corrected chi connectivity index (χ0v) is 15.5. The Morgan fingerprint density at radius 1 is 1.31 bits per heavy atom. The van der Waals surface area contributed by atoms with Gasteiger partial charge in [0.15, 0.2) is 0 Å². The lowest BCUT2D eigenvalue weighted by Crippen LogP contribution is -2.33. The van der Waals surface area contributed by atoms with Crippen LogP contribution in [0.5, 0.6) is 5.75 Å². The first-order valence-corrected chi connectivity index (χ1v) is 9.68. The van der Waals surface area contributed by atoms with Crippen molar-refractivity contribution in [2.45, 2.75) is 32.6 Å². The maximum Gasteiger partial charge on any atom is 0.220 e. The first kappa shape index (κ1) is 18.6. The average molecular weight is 355 g/mol. The van der Waals surface area contributed by atoms with Gasteiger partial charge in [0, 0.05) is 24.5 Å². The Hall–Kier alpha value is -2.14. The molecule has 2 heterocycles. The van der Waals surface area contributed by atoms with Crippen molar-refractivity contribution in [3.05, 3.63) is 36.5 Å². The molecule has 1 aromatic carbocycles. The molecule has 1 atom stereocenters. The van der Waals surface area contributed by atoms with Crippen LogP contribution in [0.4, 0.5) is 0 Å². The van der Waals surface area contributed by atoms with E-state index in [9.17, 15) is 4.79 Å². The van der Waals surface area contributed by atoms with Crippen molar-refractivity contribution in [1.29, 1.82) is 0 Å². The SMILES string of the molecule is CC(CC(=O)NCCCOc1cccc2cccnc12)C1CCNCC1. The fourth-order valence-corrected chi connectivity index (χ4v) is 3.62. The molecule has 1 saturated heterocycles. The molecular weight excluding hydrogens is 326 g/mol. The largest absolute Gasteiger partial charge is 0.491 e. The number of carbonyl (C=O) groups excluding carboxylic acids is 1. The third-order valence-corrected chi connectivity index (χ3v) is 5.19. The summed E-state index contributed by atoms with van der Waals surface area (Å²) < 4.78 is 5.86. The number of amides is 1. The fourth-order valence-electron chi connectivity index (χ4n) is 3.62. The van der Waals surface area contributed by atoms with Gasteiger partial charge in [0.1, 0.15) is 11.3 Å². The van der Waals surface area contributed by atoms with E-state index >= 15 is 0 Å². The lowest BCUT2D eigenvalue weighted by atomic mass is 9.84. The molecule has 0 spiro atoms. The summed E-state index contributed by atoms with van der Waals surface area (Å²) in [5.74, 6) is 2.08. The third kappa shape index (κ3) is 5.18. The molecule has 0 saturated carbocycles. The minimum Gasteiger partial charge on any atom is -0.491 e. The van der Waals surface area contributed by atoms with Crippen molar-refractivity contribution >= 4 is 16.8 Å².